The van der Waals surface area contributed by atoms with Gasteiger partial charge in [0.15, 0.2) is 5.76 Å². The minimum absolute atomic E-state index is 0.0599. The number of rotatable bonds is 12. The summed E-state index contributed by atoms with van der Waals surface area (Å²) in [6.45, 7) is 4.06. The van der Waals surface area contributed by atoms with E-state index in [2.05, 4.69) is 10.2 Å². The summed E-state index contributed by atoms with van der Waals surface area (Å²) in [6.07, 6.45) is 2.43. The Balaban J connectivity index is 1.70. The molecule has 222 valence electrons. The number of ether oxygens (including phenoxy) is 1. The second kappa shape index (κ2) is 14.1. The van der Waals surface area contributed by atoms with E-state index >= 15 is 0 Å². The van der Waals surface area contributed by atoms with Gasteiger partial charge in [0.2, 0.25) is 0 Å². The molecule has 3 rings (SSSR count). The van der Waals surface area contributed by atoms with Crippen molar-refractivity contribution >= 4 is 27.7 Å². The molecule has 3 amide bonds. The Morgan fingerprint density at radius 3 is 2.51 bits per heavy atom. The summed E-state index contributed by atoms with van der Waals surface area (Å²) >= 11 is 0. The Morgan fingerprint density at radius 2 is 1.88 bits per heavy atom. The maximum Gasteiger partial charge on any atom is 0.300 e. The molecule has 0 saturated carbocycles. The van der Waals surface area contributed by atoms with Crippen molar-refractivity contribution < 1.29 is 41.9 Å². The molecule has 1 saturated heterocycles. The van der Waals surface area contributed by atoms with Crippen LogP contribution in [0.5, 0.6) is 5.75 Å². The third-order valence-electron chi connectivity index (χ3n) is 6.55. The molecular weight excluding hydrogens is 559 g/mol. The summed E-state index contributed by atoms with van der Waals surface area (Å²) < 4.78 is 45.8. The van der Waals surface area contributed by atoms with Crippen molar-refractivity contribution in [3.8, 4) is 5.75 Å². The highest BCUT2D eigenvalue weighted by atomic mass is 32.2. The maximum atomic E-state index is 13.1. The first-order chi connectivity index (χ1) is 19.5. The van der Waals surface area contributed by atoms with E-state index in [-0.39, 0.29) is 23.9 Å². The van der Waals surface area contributed by atoms with E-state index < -0.39 is 44.2 Å². The molecule has 1 aliphatic rings. The molecule has 12 nitrogen and oxygen atoms in total. The zero-order valence-corrected chi connectivity index (χ0v) is 23.7. The molecule has 2 aromatic carbocycles. The lowest BCUT2D eigenvalue weighted by Gasteiger charge is -2.23. The molecule has 0 aromatic heterocycles. The van der Waals surface area contributed by atoms with Crippen molar-refractivity contribution in [2.45, 2.75) is 37.2 Å². The molecule has 1 heterocycles. The van der Waals surface area contributed by atoms with Gasteiger partial charge < -0.3 is 15.2 Å². The van der Waals surface area contributed by atoms with Crippen LogP contribution in [0.25, 0.3) is 0 Å². The number of benzene rings is 2. The number of hydrogen-bond acceptors (Lipinski definition) is 9. The first-order valence-corrected chi connectivity index (χ1v) is 14.3. The number of aliphatic hydroxyl groups is 1. The number of aliphatic hydroxyl groups excluding tert-OH is 1. The monoisotopic (exact) mass is 592 g/mol. The van der Waals surface area contributed by atoms with Gasteiger partial charge in [0.05, 0.1) is 37.3 Å². The predicted molar refractivity (Wildman–Crippen MR) is 146 cm³/mol. The molecule has 1 fully saturated rings. The average Bonchev–Trinajstić information content (AvgIpc) is 3.42. The Labute approximate surface area is 237 Å². The summed E-state index contributed by atoms with van der Waals surface area (Å²) in [6, 6.07) is 8.81. The number of hydrogen-bond donors (Lipinski definition) is 3. The van der Waals surface area contributed by atoms with E-state index in [9.17, 15) is 32.3 Å². The van der Waals surface area contributed by atoms with Gasteiger partial charge in [-0.1, -0.05) is 19.1 Å². The second-order valence-electron chi connectivity index (χ2n) is 9.14. The van der Waals surface area contributed by atoms with Crippen LogP contribution in [-0.4, -0.2) is 81.1 Å². The van der Waals surface area contributed by atoms with Crippen LogP contribution >= 0.6 is 0 Å². The number of hydroxylamine groups is 2. The highest BCUT2D eigenvalue weighted by Crippen LogP contribution is 2.23. The van der Waals surface area contributed by atoms with Gasteiger partial charge in [-0.3, -0.25) is 24.1 Å². The van der Waals surface area contributed by atoms with Gasteiger partial charge in [0, 0.05) is 12.6 Å². The summed E-state index contributed by atoms with van der Waals surface area (Å²) in [5.41, 5.74) is 0.433. The van der Waals surface area contributed by atoms with Crippen molar-refractivity contribution in [2.75, 3.05) is 33.9 Å². The van der Waals surface area contributed by atoms with Crippen molar-refractivity contribution in [2.24, 2.45) is 0 Å². The van der Waals surface area contributed by atoms with Gasteiger partial charge in [-0.05, 0) is 61.8 Å². The second-order valence-corrected chi connectivity index (χ2v) is 10.8. The van der Waals surface area contributed by atoms with Crippen molar-refractivity contribution in [3.05, 3.63) is 71.2 Å². The number of nitrogens with one attached hydrogen (secondary N) is 2. The maximum absolute atomic E-state index is 13.1. The van der Waals surface area contributed by atoms with Crippen LogP contribution in [0.3, 0.4) is 0 Å². The van der Waals surface area contributed by atoms with E-state index in [1.54, 1.807) is 4.72 Å². The van der Waals surface area contributed by atoms with Crippen LogP contribution in [0.1, 0.15) is 35.7 Å². The summed E-state index contributed by atoms with van der Waals surface area (Å²) in [4.78, 5) is 44.6. The molecule has 14 heteroatoms. The SMILES string of the molecule is CCN1CCCC1CNC(=O)c1cc(S(=O)(=O)NC(=O)C(O)=CC(=O)N(Cc2ccc(F)cc2)OC)ccc1OC. The highest BCUT2D eigenvalue weighted by molar-refractivity contribution is 7.90. The number of carbonyl (C=O) groups excluding carboxylic acids is 3. The van der Waals surface area contributed by atoms with E-state index in [0.29, 0.717) is 18.2 Å². The normalized spacial score (nSPS) is 15.8. The van der Waals surface area contributed by atoms with Crippen molar-refractivity contribution in [3.63, 3.8) is 0 Å². The average molecular weight is 593 g/mol. The first kappa shape index (κ1) is 31.5. The van der Waals surface area contributed by atoms with E-state index in [4.69, 9.17) is 9.57 Å². The summed E-state index contributed by atoms with van der Waals surface area (Å²) in [5, 5.41) is 13.7. The van der Waals surface area contributed by atoms with E-state index in [1.807, 2.05) is 6.92 Å². The fourth-order valence-corrected chi connectivity index (χ4v) is 5.34. The van der Waals surface area contributed by atoms with Gasteiger partial charge in [-0.2, -0.15) is 0 Å². The molecule has 1 unspecified atom stereocenters. The minimum atomic E-state index is -4.58. The van der Waals surface area contributed by atoms with Crippen LogP contribution < -0.4 is 14.8 Å². The lowest BCUT2D eigenvalue weighted by molar-refractivity contribution is -0.173. The quantitative estimate of drug-likeness (QED) is 0.190. The van der Waals surface area contributed by atoms with Crippen LogP contribution in [0.15, 0.2) is 59.2 Å². The zero-order chi connectivity index (χ0) is 30.2. The number of methoxy groups -OCH3 is 1. The van der Waals surface area contributed by atoms with Gasteiger partial charge in [-0.15, -0.1) is 0 Å². The summed E-state index contributed by atoms with van der Waals surface area (Å²) in [5.74, 6) is -4.57. The number of sulfonamides is 1. The zero-order valence-electron chi connectivity index (χ0n) is 22.9. The number of halogens is 1. The van der Waals surface area contributed by atoms with Crippen LogP contribution in [-0.2, 0) is 31.0 Å². The Bertz CT molecular complexity index is 1400. The highest BCUT2D eigenvalue weighted by Gasteiger charge is 2.26. The fourth-order valence-electron chi connectivity index (χ4n) is 4.36. The molecular formula is C27H33FN4O8S. The molecule has 0 radical (unpaired) electrons. The number of carbonyl (C=O) groups is 3. The minimum Gasteiger partial charge on any atom is -0.503 e. The predicted octanol–water partition coefficient (Wildman–Crippen LogP) is 1.89. The van der Waals surface area contributed by atoms with E-state index in [1.165, 1.54) is 44.6 Å². The van der Waals surface area contributed by atoms with Crippen LogP contribution in [0.4, 0.5) is 4.39 Å². The number of likely N-dealkylation sites (N-methyl/N-ethyl adjacent to an activating group) is 1. The van der Waals surface area contributed by atoms with E-state index in [0.717, 1.165) is 43.1 Å². The molecule has 1 atom stereocenters. The Hall–Kier alpha value is -4.01. The van der Waals surface area contributed by atoms with Crippen molar-refractivity contribution in [1.29, 1.82) is 0 Å². The lowest BCUT2D eigenvalue weighted by Crippen LogP contribution is -2.40. The smallest absolute Gasteiger partial charge is 0.300 e. The van der Waals surface area contributed by atoms with Gasteiger partial charge in [0.1, 0.15) is 11.6 Å². The largest absolute Gasteiger partial charge is 0.503 e. The third kappa shape index (κ3) is 8.25. The Kier molecular flexibility index (Phi) is 10.8. The van der Waals surface area contributed by atoms with Crippen LogP contribution in [0.2, 0.25) is 0 Å². The molecule has 3 N–H and O–H groups in total. The number of amides is 3. The van der Waals surface area contributed by atoms with Gasteiger partial charge >= 0.3 is 0 Å². The number of likely N-dealkylation sites (tertiary alicyclic amines) is 1. The molecule has 2 aromatic rings. The van der Waals surface area contributed by atoms with Gasteiger partial charge in [0.25, 0.3) is 27.7 Å². The third-order valence-corrected chi connectivity index (χ3v) is 7.88. The van der Waals surface area contributed by atoms with Gasteiger partial charge in [-0.25, -0.2) is 22.6 Å². The van der Waals surface area contributed by atoms with Crippen LogP contribution in [0, 0.1) is 5.82 Å². The van der Waals surface area contributed by atoms with Crippen molar-refractivity contribution in [1.82, 2.24) is 20.0 Å². The molecule has 1 aliphatic heterocycles. The standard InChI is InChI=1S/C27H33FN4O8S/c1-4-31-13-5-6-20(31)16-29-26(35)22-14-21(11-12-24(22)39-2)41(37,38)30-27(36)23(33)15-25(34)32(40-3)17-18-7-9-19(28)10-8-18/h7-12,14-15,20,33H,4-6,13,16-17H2,1-3H3,(H,29,35)(H,30,36). The molecule has 0 bridgehead atoms. The summed E-state index contributed by atoms with van der Waals surface area (Å²) in [7, 11) is -2.08. The first-order valence-electron chi connectivity index (χ1n) is 12.8. The molecule has 0 aliphatic carbocycles. The fraction of sp³-hybridized carbons (Fsp3) is 0.370. The molecule has 0 spiro atoms. The lowest BCUT2D eigenvalue weighted by atomic mass is 10.1. The Morgan fingerprint density at radius 1 is 1.17 bits per heavy atom. The topological polar surface area (TPSA) is 155 Å². The number of nitrogens with zero attached hydrogens (tertiary/aromatic N) is 2. The molecule has 41 heavy (non-hydrogen) atoms.